The molecule has 0 spiro atoms. The Balaban J connectivity index is 0.00000341. The number of hydrogen-bond donors (Lipinski definition) is 2. The molecule has 1 aromatic carbocycles. The van der Waals surface area contributed by atoms with Crippen molar-refractivity contribution in [2.75, 3.05) is 46.3 Å². The highest BCUT2D eigenvalue weighted by Crippen LogP contribution is 2.26. The molecule has 2 aliphatic rings. The average Bonchev–Trinajstić information content (AvgIpc) is 3.33. The molecule has 3 rings (SSSR count). The monoisotopic (exact) mass is 541 g/mol. The van der Waals surface area contributed by atoms with Gasteiger partial charge in [-0.15, -0.1) is 24.0 Å². The largest absolute Gasteiger partial charge is 0.355 e. The van der Waals surface area contributed by atoms with Crippen molar-refractivity contribution in [1.29, 1.82) is 0 Å². The highest BCUT2D eigenvalue weighted by atomic mass is 127. The van der Waals surface area contributed by atoms with Gasteiger partial charge < -0.3 is 15.5 Å². The molecular formula is C24H40IN5O. The van der Waals surface area contributed by atoms with Crippen molar-refractivity contribution in [2.45, 2.75) is 51.5 Å². The van der Waals surface area contributed by atoms with Crippen LogP contribution in [-0.4, -0.2) is 74.0 Å². The van der Waals surface area contributed by atoms with Crippen molar-refractivity contribution in [3.63, 3.8) is 0 Å². The SMILES string of the molecule is CN=C(NCCN1CCN(C(=O)C2CCCC2)CC1)NC(C)C(C)c1ccccc1.I. The van der Waals surface area contributed by atoms with E-state index in [2.05, 4.69) is 69.6 Å². The number of piperazine rings is 1. The lowest BCUT2D eigenvalue weighted by Gasteiger charge is -2.36. The lowest BCUT2D eigenvalue weighted by atomic mass is 9.94. The van der Waals surface area contributed by atoms with Crippen molar-refractivity contribution in [1.82, 2.24) is 20.4 Å². The molecule has 2 fully saturated rings. The summed E-state index contributed by atoms with van der Waals surface area (Å²) in [5.41, 5.74) is 1.33. The van der Waals surface area contributed by atoms with Gasteiger partial charge in [0.05, 0.1) is 0 Å². The Morgan fingerprint density at radius 3 is 2.35 bits per heavy atom. The number of nitrogens with one attached hydrogen (secondary N) is 2. The van der Waals surface area contributed by atoms with Crippen LogP contribution in [-0.2, 0) is 4.79 Å². The first-order valence-electron chi connectivity index (χ1n) is 11.6. The van der Waals surface area contributed by atoms with Crippen LogP contribution < -0.4 is 10.6 Å². The van der Waals surface area contributed by atoms with Crippen LogP contribution in [0.15, 0.2) is 35.3 Å². The van der Waals surface area contributed by atoms with Crippen LogP contribution in [0.1, 0.15) is 51.0 Å². The number of hydrogen-bond acceptors (Lipinski definition) is 3. The van der Waals surface area contributed by atoms with E-state index >= 15 is 0 Å². The Labute approximate surface area is 205 Å². The number of guanidine groups is 1. The lowest BCUT2D eigenvalue weighted by Crippen LogP contribution is -2.52. The Morgan fingerprint density at radius 1 is 1.10 bits per heavy atom. The fourth-order valence-electron chi connectivity index (χ4n) is 4.54. The highest BCUT2D eigenvalue weighted by molar-refractivity contribution is 14.0. The second-order valence-electron chi connectivity index (χ2n) is 8.78. The molecule has 0 bridgehead atoms. The molecule has 1 saturated heterocycles. The molecule has 1 amide bonds. The molecule has 174 valence electrons. The van der Waals surface area contributed by atoms with Gasteiger partial charge in [-0.05, 0) is 25.3 Å². The maximum atomic E-state index is 12.6. The smallest absolute Gasteiger partial charge is 0.225 e. The van der Waals surface area contributed by atoms with Crippen LogP contribution >= 0.6 is 24.0 Å². The summed E-state index contributed by atoms with van der Waals surface area (Å²) in [6.07, 6.45) is 4.63. The second kappa shape index (κ2) is 13.3. The maximum Gasteiger partial charge on any atom is 0.225 e. The summed E-state index contributed by atoms with van der Waals surface area (Å²) < 4.78 is 0. The summed E-state index contributed by atoms with van der Waals surface area (Å²) in [6.45, 7) is 9.93. The van der Waals surface area contributed by atoms with E-state index in [-0.39, 0.29) is 30.0 Å². The number of benzene rings is 1. The van der Waals surface area contributed by atoms with Gasteiger partial charge in [-0.1, -0.05) is 50.1 Å². The molecular weight excluding hydrogens is 501 g/mol. The van der Waals surface area contributed by atoms with E-state index in [4.69, 9.17) is 0 Å². The number of rotatable bonds is 7. The molecule has 7 heteroatoms. The number of amides is 1. The molecule has 2 atom stereocenters. The van der Waals surface area contributed by atoms with Gasteiger partial charge in [-0.3, -0.25) is 14.7 Å². The summed E-state index contributed by atoms with van der Waals surface area (Å²) in [5, 5.41) is 6.97. The van der Waals surface area contributed by atoms with Gasteiger partial charge in [-0.25, -0.2) is 0 Å². The number of halogens is 1. The zero-order valence-corrected chi connectivity index (χ0v) is 21.7. The maximum absolute atomic E-state index is 12.6. The van der Waals surface area contributed by atoms with Crippen molar-refractivity contribution >= 4 is 35.8 Å². The van der Waals surface area contributed by atoms with E-state index in [1.54, 1.807) is 0 Å². The minimum absolute atomic E-state index is 0. The Hall–Kier alpha value is -1.35. The molecule has 1 saturated carbocycles. The van der Waals surface area contributed by atoms with Gasteiger partial charge in [0, 0.05) is 64.2 Å². The van der Waals surface area contributed by atoms with Gasteiger partial charge in [0.15, 0.2) is 5.96 Å². The predicted octanol–water partition coefficient (Wildman–Crippen LogP) is 3.30. The zero-order chi connectivity index (χ0) is 21.3. The van der Waals surface area contributed by atoms with Crippen molar-refractivity contribution in [3.05, 3.63) is 35.9 Å². The fraction of sp³-hybridized carbons (Fsp3) is 0.667. The van der Waals surface area contributed by atoms with E-state index in [0.717, 1.165) is 58.1 Å². The molecule has 31 heavy (non-hydrogen) atoms. The normalized spacial score (nSPS) is 20.1. The van der Waals surface area contributed by atoms with Crippen LogP contribution in [0.3, 0.4) is 0 Å². The van der Waals surface area contributed by atoms with E-state index in [1.165, 1.54) is 18.4 Å². The molecule has 1 aliphatic heterocycles. The third-order valence-corrected chi connectivity index (χ3v) is 6.77. The Kier molecular flexibility index (Phi) is 11.1. The molecule has 0 radical (unpaired) electrons. The van der Waals surface area contributed by atoms with Crippen LogP contribution in [0, 0.1) is 5.92 Å². The fourth-order valence-corrected chi connectivity index (χ4v) is 4.54. The van der Waals surface area contributed by atoms with Gasteiger partial charge in [-0.2, -0.15) is 0 Å². The van der Waals surface area contributed by atoms with E-state index in [1.807, 2.05) is 7.05 Å². The third-order valence-electron chi connectivity index (χ3n) is 6.77. The first kappa shape index (κ1) is 25.9. The molecule has 0 aromatic heterocycles. The number of carbonyl (C=O) groups is 1. The highest BCUT2D eigenvalue weighted by Gasteiger charge is 2.29. The minimum atomic E-state index is 0. The summed E-state index contributed by atoms with van der Waals surface area (Å²) in [7, 11) is 1.82. The summed E-state index contributed by atoms with van der Waals surface area (Å²) in [6, 6.07) is 10.9. The first-order valence-corrected chi connectivity index (χ1v) is 11.6. The van der Waals surface area contributed by atoms with Gasteiger partial charge in [0.1, 0.15) is 0 Å². The zero-order valence-electron chi connectivity index (χ0n) is 19.3. The quantitative estimate of drug-likeness (QED) is 0.316. The second-order valence-corrected chi connectivity index (χ2v) is 8.78. The van der Waals surface area contributed by atoms with Crippen LogP contribution in [0.2, 0.25) is 0 Å². The summed E-state index contributed by atoms with van der Waals surface area (Å²) in [5.74, 6) is 1.94. The average molecular weight is 542 g/mol. The Morgan fingerprint density at radius 2 is 1.74 bits per heavy atom. The third kappa shape index (κ3) is 7.63. The molecule has 1 heterocycles. The molecule has 6 nitrogen and oxygen atoms in total. The van der Waals surface area contributed by atoms with Gasteiger partial charge in [0.2, 0.25) is 5.91 Å². The van der Waals surface area contributed by atoms with Gasteiger partial charge in [0.25, 0.3) is 0 Å². The molecule has 2 N–H and O–H groups in total. The van der Waals surface area contributed by atoms with Crippen molar-refractivity contribution in [2.24, 2.45) is 10.9 Å². The standard InChI is InChI=1S/C24H39N5O.HI/c1-19(21-9-5-4-6-10-21)20(2)27-24(25-3)26-13-14-28-15-17-29(18-16-28)23(30)22-11-7-8-12-22;/h4-6,9-10,19-20,22H,7-8,11-18H2,1-3H3,(H2,25,26,27);1H. The molecule has 2 unspecified atom stereocenters. The van der Waals surface area contributed by atoms with Crippen LogP contribution in [0.25, 0.3) is 0 Å². The minimum Gasteiger partial charge on any atom is -0.355 e. The van der Waals surface area contributed by atoms with E-state index < -0.39 is 0 Å². The number of aliphatic imine (C=N–C) groups is 1. The number of nitrogens with zero attached hydrogens (tertiary/aromatic N) is 3. The molecule has 1 aliphatic carbocycles. The summed E-state index contributed by atoms with van der Waals surface area (Å²) in [4.78, 5) is 21.5. The van der Waals surface area contributed by atoms with E-state index in [9.17, 15) is 4.79 Å². The predicted molar refractivity (Wildman–Crippen MR) is 139 cm³/mol. The number of carbonyl (C=O) groups excluding carboxylic acids is 1. The van der Waals surface area contributed by atoms with Crippen molar-refractivity contribution < 1.29 is 4.79 Å². The first-order chi connectivity index (χ1) is 14.6. The molecule has 1 aromatic rings. The van der Waals surface area contributed by atoms with E-state index in [0.29, 0.717) is 17.7 Å². The summed E-state index contributed by atoms with van der Waals surface area (Å²) >= 11 is 0. The lowest BCUT2D eigenvalue weighted by molar-refractivity contribution is -0.137. The topological polar surface area (TPSA) is 60.0 Å². The van der Waals surface area contributed by atoms with Gasteiger partial charge >= 0.3 is 0 Å². The van der Waals surface area contributed by atoms with Crippen LogP contribution in [0.5, 0.6) is 0 Å². The Bertz CT molecular complexity index is 684. The van der Waals surface area contributed by atoms with Crippen LogP contribution in [0.4, 0.5) is 0 Å². The van der Waals surface area contributed by atoms with Crippen molar-refractivity contribution in [3.8, 4) is 0 Å².